The van der Waals surface area contributed by atoms with Crippen LogP contribution in [0.1, 0.15) is 10.4 Å². The first-order valence-electron chi connectivity index (χ1n) is 6.28. The summed E-state index contributed by atoms with van der Waals surface area (Å²) >= 11 is 1.75. The SMILES string of the molecule is COC(=O)c1ccc(OCCSc2ccccc2)cc1. The third-order valence-electron chi connectivity index (χ3n) is 2.64. The summed E-state index contributed by atoms with van der Waals surface area (Å²) in [6.07, 6.45) is 0. The lowest BCUT2D eigenvalue weighted by atomic mass is 10.2. The molecular weight excluding hydrogens is 272 g/mol. The van der Waals surface area contributed by atoms with E-state index in [9.17, 15) is 4.79 Å². The Labute approximate surface area is 122 Å². The number of hydrogen-bond donors (Lipinski definition) is 0. The second-order valence-electron chi connectivity index (χ2n) is 4.03. The molecule has 3 nitrogen and oxygen atoms in total. The van der Waals surface area contributed by atoms with Crippen molar-refractivity contribution in [2.75, 3.05) is 19.5 Å². The Hall–Kier alpha value is -1.94. The van der Waals surface area contributed by atoms with Crippen LogP contribution in [0.3, 0.4) is 0 Å². The van der Waals surface area contributed by atoms with Crippen LogP contribution in [0.4, 0.5) is 0 Å². The zero-order valence-corrected chi connectivity index (χ0v) is 12.1. The molecule has 0 amide bonds. The predicted molar refractivity (Wildman–Crippen MR) is 80.4 cm³/mol. The van der Waals surface area contributed by atoms with Crippen LogP contribution in [0, 0.1) is 0 Å². The van der Waals surface area contributed by atoms with Crippen molar-refractivity contribution in [3.8, 4) is 5.75 Å². The van der Waals surface area contributed by atoms with E-state index in [1.807, 2.05) is 18.2 Å². The van der Waals surface area contributed by atoms with Gasteiger partial charge in [0, 0.05) is 10.6 Å². The molecule has 2 aromatic carbocycles. The first kappa shape index (κ1) is 14.5. The standard InChI is InChI=1S/C16H16O3S/c1-18-16(17)13-7-9-14(10-8-13)19-11-12-20-15-5-3-2-4-6-15/h2-10H,11-12H2,1H3. The van der Waals surface area contributed by atoms with Gasteiger partial charge in [0.05, 0.1) is 19.3 Å². The van der Waals surface area contributed by atoms with Crippen molar-refractivity contribution in [3.05, 3.63) is 60.2 Å². The smallest absolute Gasteiger partial charge is 0.337 e. The molecule has 0 N–H and O–H groups in total. The number of thioether (sulfide) groups is 1. The van der Waals surface area contributed by atoms with E-state index in [0.29, 0.717) is 12.2 Å². The first-order chi connectivity index (χ1) is 9.79. The van der Waals surface area contributed by atoms with Gasteiger partial charge in [-0.25, -0.2) is 4.79 Å². The molecule has 0 aliphatic rings. The first-order valence-corrected chi connectivity index (χ1v) is 7.27. The lowest BCUT2D eigenvalue weighted by Gasteiger charge is -2.06. The molecule has 2 aromatic rings. The van der Waals surface area contributed by atoms with Gasteiger partial charge in [-0.2, -0.15) is 0 Å². The quantitative estimate of drug-likeness (QED) is 0.462. The average Bonchev–Trinajstić information content (AvgIpc) is 2.52. The monoisotopic (exact) mass is 288 g/mol. The fraction of sp³-hybridized carbons (Fsp3) is 0.188. The van der Waals surface area contributed by atoms with Crippen molar-refractivity contribution in [3.63, 3.8) is 0 Å². The Morgan fingerprint density at radius 2 is 1.75 bits per heavy atom. The molecule has 0 aliphatic carbocycles. The van der Waals surface area contributed by atoms with Gasteiger partial charge < -0.3 is 9.47 Å². The molecule has 4 heteroatoms. The number of benzene rings is 2. The molecule has 0 atom stereocenters. The third kappa shape index (κ3) is 4.31. The number of methoxy groups -OCH3 is 1. The zero-order valence-electron chi connectivity index (χ0n) is 11.2. The topological polar surface area (TPSA) is 35.5 Å². The number of ether oxygens (including phenoxy) is 2. The maximum Gasteiger partial charge on any atom is 0.337 e. The van der Waals surface area contributed by atoms with Gasteiger partial charge in [0.15, 0.2) is 0 Å². The average molecular weight is 288 g/mol. The molecule has 0 saturated carbocycles. The van der Waals surface area contributed by atoms with E-state index in [-0.39, 0.29) is 5.97 Å². The highest BCUT2D eigenvalue weighted by atomic mass is 32.2. The van der Waals surface area contributed by atoms with Crippen LogP contribution in [-0.2, 0) is 4.74 Å². The lowest BCUT2D eigenvalue weighted by Crippen LogP contribution is -2.02. The highest BCUT2D eigenvalue weighted by Crippen LogP contribution is 2.18. The van der Waals surface area contributed by atoms with Crippen molar-refractivity contribution in [2.24, 2.45) is 0 Å². The van der Waals surface area contributed by atoms with Crippen LogP contribution in [0.2, 0.25) is 0 Å². The van der Waals surface area contributed by atoms with E-state index >= 15 is 0 Å². The second-order valence-corrected chi connectivity index (χ2v) is 5.19. The normalized spacial score (nSPS) is 10.1. The van der Waals surface area contributed by atoms with Crippen molar-refractivity contribution in [1.82, 2.24) is 0 Å². The van der Waals surface area contributed by atoms with Crippen LogP contribution in [0.25, 0.3) is 0 Å². The third-order valence-corrected chi connectivity index (χ3v) is 3.62. The second kappa shape index (κ2) is 7.60. The van der Waals surface area contributed by atoms with E-state index in [2.05, 4.69) is 16.9 Å². The van der Waals surface area contributed by atoms with Crippen molar-refractivity contribution >= 4 is 17.7 Å². The Morgan fingerprint density at radius 1 is 1.05 bits per heavy atom. The van der Waals surface area contributed by atoms with E-state index < -0.39 is 0 Å². The van der Waals surface area contributed by atoms with Gasteiger partial charge in [-0.05, 0) is 36.4 Å². The largest absolute Gasteiger partial charge is 0.493 e. The van der Waals surface area contributed by atoms with Gasteiger partial charge in [0.25, 0.3) is 0 Å². The lowest BCUT2D eigenvalue weighted by molar-refractivity contribution is 0.0600. The minimum atomic E-state index is -0.337. The summed E-state index contributed by atoms with van der Waals surface area (Å²) in [6.45, 7) is 0.622. The van der Waals surface area contributed by atoms with E-state index in [1.54, 1.807) is 36.0 Å². The summed E-state index contributed by atoms with van der Waals surface area (Å²) in [5, 5.41) is 0. The van der Waals surface area contributed by atoms with Crippen molar-refractivity contribution in [1.29, 1.82) is 0 Å². The summed E-state index contributed by atoms with van der Waals surface area (Å²) in [5.74, 6) is 1.30. The Balaban J connectivity index is 1.75. The molecule has 0 fully saturated rings. The number of hydrogen-bond acceptors (Lipinski definition) is 4. The van der Waals surface area contributed by atoms with Crippen LogP contribution in [0.15, 0.2) is 59.5 Å². The summed E-state index contributed by atoms with van der Waals surface area (Å²) in [4.78, 5) is 12.5. The van der Waals surface area contributed by atoms with Crippen LogP contribution in [-0.4, -0.2) is 25.4 Å². The molecule has 0 spiro atoms. The molecule has 0 aromatic heterocycles. The summed E-state index contributed by atoms with van der Waals surface area (Å²) in [5.41, 5.74) is 0.526. The molecule has 20 heavy (non-hydrogen) atoms. The minimum Gasteiger partial charge on any atom is -0.493 e. The van der Waals surface area contributed by atoms with Crippen LogP contribution >= 0.6 is 11.8 Å². The molecule has 0 unspecified atom stereocenters. The van der Waals surface area contributed by atoms with Crippen molar-refractivity contribution in [2.45, 2.75) is 4.90 Å². The Morgan fingerprint density at radius 3 is 2.40 bits per heavy atom. The fourth-order valence-electron chi connectivity index (χ4n) is 1.64. The van der Waals surface area contributed by atoms with Gasteiger partial charge in [0.1, 0.15) is 5.75 Å². The highest BCUT2D eigenvalue weighted by Gasteiger charge is 2.04. The zero-order chi connectivity index (χ0) is 14.2. The van der Waals surface area contributed by atoms with Crippen LogP contribution in [0.5, 0.6) is 5.75 Å². The highest BCUT2D eigenvalue weighted by molar-refractivity contribution is 7.99. The molecule has 0 heterocycles. The van der Waals surface area contributed by atoms with Gasteiger partial charge in [-0.1, -0.05) is 18.2 Å². The maximum atomic E-state index is 11.3. The van der Waals surface area contributed by atoms with Crippen LogP contribution < -0.4 is 4.74 Å². The fourth-order valence-corrected chi connectivity index (χ4v) is 2.39. The van der Waals surface area contributed by atoms with E-state index in [1.165, 1.54) is 12.0 Å². The molecule has 0 radical (unpaired) electrons. The van der Waals surface area contributed by atoms with Crippen molar-refractivity contribution < 1.29 is 14.3 Å². The number of rotatable bonds is 6. The van der Waals surface area contributed by atoms with Gasteiger partial charge >= 0.3 is 5.97 Å². The number of carbonyl (C=O) groups excluding carboxylic acids is 1. The summed E-state index contributed by atoms with van der Waals surface area (Å²) in [7, 11) is 1.37. The van der Waals surface area contributed by atoms with Gasteiger partial charge in [-0.3, -0.25) is 0 Å². The van der Waals surface area contributed by atoms with Gasteiger partial charge in [-0.15, -0.1) is 11.8 Å². The Bertz CT molecular complexity index is 537. The van der Waals surface area contributed by atoms with E-state index in [0.717, 1.165) is 11.5 Å². The number of esters is 1. The summed E-state index contributed by atoms with van der Waals surface area (Å²) in [6, 6.07) is 17.2. The number of carbonyl (C=O) groups is 1. The Kier molecular flexibility index (Phi) is 5.50. The summed E-state index contributed by atoms with van der Waals surface area (Å²) < 4.78 is 10.3. The minimum absolute atomic E-state index is 0.337. The molecule has 0 saturated heterocycles. The molecule has 0 bridgehead atoms. The molecular formula is C16H16O3S. The molecule has 2 rings (SSSR count). The maximum absolute atomic E-state index is 11.3. The predicted octanol–water partition coefficient (Wildman–Crippen LogP) is 3.64. The molecule has 104 valence electrons. The molecule has 0 aliphatic heterocycles. The van der Waals surface area contributed by atoms with Gasteiger partial charge in [0.2, 0.25) is 0 Å². The van der Waals surface area contributed by atoms with E-state index in [4.69, 9.17) is 4.74 Å².